The van der Waals surface area contributed by atoms with Gasteiger partial charge in [-0.25, -0.2) is 0 Å². The summed E-state index contributed by atoms with van der Waals surface area (Å²) in [5, 5.41) is 19.4. The average molecular weight is 723 g/mol. The van der Waals surface area contributed by atoms with Gasteiger partial charge in [-0.2, -0.15) is 5.26 Å². The van der Waals surface area contributed by atoms with E-state index < -0.39 is 0 Å². The Labute approximate surface area is 313 Å². The largest absolute Gasteiger partial charge is 0.493 e. The van der Waals surface area contributed by atoms with Crippen LogP contribution in [-0.4, -0.2) is 65.8 Å². The second kappa shape index (κ2) is 18.6. The van der Waals surface area contributed by atoms with Crippen molar-refractivity contribution in [3.05, 3.63) is 105 Å². The molecule has 0 aliphatic carbocycles. The second-order valence-corrected chi connectivity index (χ2v) is 14.6. The molecule has 0 bridgehead atoms. The fourth-order valence-electron chi connectivity index (χ4n) is 7.42. The molecule has 9 heteroatoms. The summed E-state index contributed by atoms with van der Waals surface area (Å²) in [5.74, 6) is 2.59. The van der Waals surface area contributed by atoms with Crippen molar-refractivity contribution in [2.45, 2.75) is 72.1 Å². The molecule has 1 unspecified atom stereocenters. The van der Waals surface area contributed by atoms with Crippen LogP contribution >= 0.6 is 11.6 Å². The molecule has 2 aliphatic heterocycles. The van der Waals surface area contributed by atoms with Crippen molar-refractivity contribution in [3.8, 4) is 34.4 Å². The summed E-state index contributed by atoms with van der Waals surface area (Å²) in [5.41, 5.74) is 7.96. The Bertz CT molecular complexity index is 1840. The number of benzene rings is 3. The number of halogens is 1. The van der Waals surface area contributed by atoms with E-state index >= 15 is 0 Å². The van der Waals surface area contributed by atoms with Crippen molar-refractivity contribution in [1.82, 2.24) is 14.8 Å². The molecule has 0 radical (unpaired) electrons. The average Bonchev–Trinajstić information content (AvgIpc) is 3.17. The standard InChI is InChI=1S/C43H51ClN4O4/c1-31-36(11-6-12-38(31)39-13-7-14-41(32(39)2)50-19-9-18-47-17-8-10-33(26-47)28-49)30-52-43-22-42(51-29-35-20-34(23-45)24-46-25-35)37(21-40(43)44)27-48-15-4-3-5-16-48/h6-7,11-14,20-22,24-25,33,49H,3-5,8-10,15-19,26-30H2,1-2H3. The molecule has 3 aromatic carbocycles. The Hall–Kier alpha value is -4.13. The highest BCUT2D eigenvalue weighted by Crippen LogP contribution is 2.37. The van der Waals surface area contributed by atoms with E-state index in [0.29, 0.717) is 35.5 Å². The van der Waals surface area contributed by atoms with Crippen LogP contribution in [0, 0.1) is 31.1 Å². The first kappa shape index (κ1) is 37.6. The quantitative estimate of drug-likeness (QED) is 0.122. The van der Waals surface area contributed by atoms with Gasteiger partial charge in [0, 0.05) is 55.8 Å². The van der Waals surface area contributed by atoms with Crippen molar-refractivity contribution < 1.29 is 19.3 Å². The fourth-order valence-corrected chi connectivity index (χ4v) is 7.66. The molecule has 6 rings (SSSR count). The van der Waals surface area contributed by atoms with Gasteiger partial charge in [-0.05, 0) is 118 Å². The maximum atomic E-state index is 9.56. The van der Waals surface area contributed by atoms with E-state index in [4.69, 9.17) is 25.8 Å². The smallest absolute Gasteiger partial charge is 0.142 e. The number of aliphatic hydroxyl groups excluding tert-OH is 1. The van der Waals surface area contributed by atoms with Crippen LogP contribution in [0.25, 0.3) is 11.1 Å². The summed E-state index contributed by atoms with van der Waals surface area (Å²) in [6.45, 7) is 11.8. The van der Waals surface area contributed by atoms with Crippen LogP contribution < -0.4 is 14.2 Å². The molecule has 2 aliphatic rings. The monoisotopic (exact) mass is 722 g/mol. The first-order valence-electron chi connectivity index (χ1n) is 18.7. The maximum absolute atomic E-state index is 9.56. The zero-order valence-corrected chi connectivity index (χ0v) is 31.3. The lowest BCUT2D eigenvalue weighted by Gasteiger charge is -2.31. The first-order valence-corrected chi connectivity index (χ1v) is 19.1. The summed E-state index contributed by atoms with van der Waals surface area (Å²) >= 11 is 6.88. The van der Waals surface area contributed by atoms with Crippen LogP contribution in [0.3, 0.4) is 0 Å². The number of nitriles is 1. The highest BCUT2D eigenvalue weighted by atomic mass is 35.5. The number of ether oxygens (including phenoxy) is 3. The van der Waals surface area contributed by atoms with E-state index in [2.05, 4.69) is 71.1 Å². The number of aliphatic hydroxyl groups is 1. The van der Waals surface area contributed by atoms with E-state index in [1.807, 2.05) is 12.1 Å². The lowest BCUT2D eigenvalue weighted by atomic mass is 9.93. The Kier molecular flexibility index (Phi) is 13.4. The van der Waals surface area contributed by atoms with Gasteiger partial charge in [-0.1, -0.05) is 48.4 Å². The molecule has 2 saturated heterocycles. The normalized spacial score (nSPS) is 16.7. The van der Waals surface area contributed by atoms with Crippen LogP contribution in [0.5, 0.6) is 17.2 Å². The highest BCUT2D eigenvalue weighted by Gasteiger charge is 2.20. The number of aromatic nitrogens is 1. The van der Waals surface area contributed by atoms with E-state index in [0.717, 1.165) is 109 Å². The predicted octanol–water partition coefficient (Wildman–Crippen LogP) is 8.51. The van der Waals surface area contributed by atoms with Gasteiger partial charge in [-0.3, -0.25) is 9.88 Å². The lowest BCUT2D eigenvalue weighted by Crippen LogP contribution is -2.37. The van der Waals surface area contributed by atoms with Crippen molar-refractivity contribution in [2.75, 3.05) is 45.9 Å². The number of likely N-dealkylation sites (tertiary alicyclic amines) is 2. The van der Waals surface area contributed by atoms with Crippen LogP contribution in [-0.2, 0) is 19.8 Å². The number of piperidine rings is 2. The molecule has 1 aromatic heterocycles. The van der Waals surface area contributed by atoms with Gasteiger partial charge in [0.25, 0.3) is 0 Å². The molecule has 52 heavy (non-hydrogen) atoms. The molecular formula is C43H51ClN4O4. The zero-order chi connectivity index (χ0) is 36.3. The molecule has 0 saturated carbocycles. The first-order chi connectivity index (χ1) is 25.4. The molecule has 274 valence electrons. The second-order valence-electron chi connectivity index (χ2n) is 14.2. The third kappa shape index (κ3) is 9.84. The van der Waals surface area contributed by atoms with Gasteiger partial charge in [0.2, 0.25) is 0 Å². The van der Waals surface area contributed by atoms with Crippen molar-refractivity contribution >= 4 is 11.6 Å². The van der Waals surface area contributed by atoms with Crippen LogP contribution in [0.4, 0.5) is 0 Å². The summed E-state index contributed by atoms with van der Waals surface area (Å²) in [4.78, 5) is 9.09. The van der Waals surface area contributed by atoms with Crippen LogP contribution in [0.1, 0.15) is 71.9 Å². The molecule has 8 nitrogen and oxygen atoms in total. The van der Waals surface area contributed by atoms with Crippen LogP contribution in [0.2, 0.25) is 5.02 Å². The molecule has 4 aromatic rings. The minimum absolute atomic E-state index is 0.279. The highest BCUT2D eigenvalue weighted by molar-refractivity contribution is 6.32. The third-order valence-electron chi connectivity index (χ3n) is 10.4. The Morgan fingerprint density at radius 2 is 1.60 bits per heavy atom. The van der Waals surface area contributed by atoms with E-state index in [9.17, 15) is 10.4 Å². The van der Waals surface area contributed by atoms with Gasteiger partial charge in [0.05, 0.1) is 17.2 Å². The van der Waals surface area contributed by atoms with Gasteiger partial charge in [0.15, 0.2) is 0 Å². The Morgan fingerprint density at radius 1 is 0.827 bits per heavy atom. The molecule has 2 fully saturated rings. The number of hydrogen-bond donors (Lipinski definition) is 1. The predicted molar refractivity (Wildman–Crippen MR) is 206 cm³/mol. The molecule has 1 N–H and O–H groups in total. The summed E-state index contributed by atoms with van der Waals surface area (Å²) in [6.07, 6.45) is 10.2. The summed E-state index contributed by atoms with van der Waals surface area (Å²) in [6, 6.07) is 20.4. The van der Waals surface area contributed by atoms with Crippen molar-refractivity contribution in [1.29, 1.82) is 5.26 Å². The van der Waals surface area contributed by atoms with E-state index in [1.165, 1.54) is 19.3 Å². The Morgan fingerprint density at radius 3 is 2.40 bits per heavy atom. The lowest BCUT2D eigenvalue weighted by molar-refractivity contribution is 0.115. The molecule has 0 amide bonds. The van der Waals surface area contributed by atoms with E-state index in [-0.39, 0.29) is 13.2 Å². The number of hydrogen-bond acceptors (Lipinski definition) is 8. The fraction of sp³-hybridized carbons (Fsp3) is 0.442. The Balaban J connectivity index is 1.14. The maximum Gasteiger partial charge on any atom is 0.142 e. The number of nitrogens with zero attached hydrogens (tertiary/aromatic N) is 4. The van der Waals surface area contributed by atoms with Gasteiger partial charge in [0.1, 0.15) is 36.5 Å². The molecule has 1 atom stereocenters. The van der Waals surface area contributed by atoms with Gasteiger partial charge in [-0.15, -0.1) is 0 Å². The molecule has 0 spiro atoms. The minimum atomic E-state index is 0.279. The topological polar surface area (TPSA) is 91.1 Å². The van der Waals surface area contributed by atoms with E-state index in [1.54, 1.807) is 18.5 Å². The van der Waals surface area contributed by atoms with Crippen molar-refractivity contribution in [3.63, 3.8) is 0 Å². The van der Waals surface area contributed by atoms with Gasteiger partial charge >= 0.3 is 0 Å². The summed E-state index contributed by atoms with van der Waals surface area (Å²) in [7, 11) is 0. The summed E-state index contributed by atoms with van der Waals surface area (Å²) < 4.78 is 19.1. The van der Waals surface area contributed by atoms with Crippen LogP contribution in [0.15, 0.2) is 67.0 Å². The third-order valence-corrected chi connectivity index (χ3v) is 10.7. The SMILES string of the molecule is Cc1c(COc2cc(OCc3cncc(C#N)c3)c(CN3CCCCC3)cc2Cl)cccc1-c1cccc(OCCCN2CCCC(CO)C2)c1C. The van der Waals surface area contributed by atoms with Crippen molar-refractivity contribution in [2.24, 2.45) is 5.92 Å². The zero-order valence-electron chi connectivity index (χ0n) is 30.6. The number of rotatable bonds is 15. The minimum Gasteiger partial charge on any atom is -0.493 e. The molecular weight excluding hydrogens is 672 g/mol. The number of pyridine rings is 1. The van der Waals surface area contributed by atoms with Gasteiger partial charge < -0.3 is 24.2 Å². The molecule has 3 heterocycles.